The van der Waals surface area contributed by atoms with E-state index < -0.39 is 23.9 Å². The van der Waals surface area contributed by atoms with Crippen LogP contribution in [-0.4, -0.2) is 30.5 Å². The van der Waals surface area contributed by atoms with Gasteiger partial charge in [0.15, 0.2) is 0 Å². The number of rotatable bonds is 4. The zero-order chi connectivity index (χ0) is 13.7. The van der Waals surface area contributed by atoms with Gasteiger partial charge in [0.05, 0.1) is 0 Å². The standard InChI is InChI=1S/C10H19F3N2O2/c1-9(2,3)17-8(16)15-7(5-4-6-14)10(11,12)13/h7H,4-6,14H2,1-3H3,(H,15,16)/t7-/m1/s1. The molecule has 0 radical (unpaired) electrons. The number of nitrogens with one attached hydrogen (secondary N) is 1. The average molecular weight is 256 g/mol. The van der Waals surface area contributed by atoms with Gasteiger partial charge in [0.1, 0.15) is 11.6 Å². The fourth-order valence-corrected chi connectivity index (χ4v) is 1.09. The monoisotopic (exact) mass is 256 g/mol. The van der Waals surface area contributed by atoms with Gasteiger partial charge in [0.25, 0.3) is 0 Å². The highest BCUT2D eigenvalue weighted by Gasteiger charge is 2.40. The van der Waals surface area contributed by atoms with Gasteiger partial charge >= 0.3 is 12.3 Å². The fourth-order valence-electron chi connectivity index (χ4n) is 1.09. The number of carbonyl (C=O) groups excluding carboxylic acids is 1. The lowest BCUT2D eigenvalue weighted by molar-refractivity contribution is -0.156. The van der Waals surface area contributed by atoms with Crippen molar-refractivity contribution in [1.29, 1.82) is 0 Å². The second kappa shape index (κ2) is 6.09. The molecule has 0 saturated carbocycles. The maximum absolute atomic E-state index is 12.5. The Labute approximate surface area is 98.7 Å². The predicted octanol–water partition coefficient (Wildman–Crippen LogP) is 2.18. The summed E-state index contributed by atoms with van der Waals surface area (Å²) in [6, 6.07) is -1.92. The number of alkyl carbamates (subject to hydrolysis) is 1. The Hall–Kier alpha value is -0.980. The molecule has 0 aliphatic rings. The summed E-state index contributed by atoms with van der Waals surface area (Å²) in [7, 11) is 0. The number of nitrogens with two attached hydrogens (primary N) is 1. The van der Waals surface area contributed by atoms with Crippen molar-refractivity contribution in [3.63, 3.8) is 0 Å². The molecule has 0 fully saturated rings. The van der Waals surface area contributed by atoms with Crippen LogP contribution in [0, 0.1) is 0 Å². The topological polar surface area (TPSA) is 64.3 Å². The highest BCUT2D eigenvalue weighted by atomic mass is 19.4. The molecule has 0 unspecified atom stereocenters. The molecule has 0 aromatic carbocycles. The average Bonchev–Trinajstić information content (AvgIpc) is 2.07. The number of carbonyl (C=O) groups is 1. The van der Waals surface area contributed by atoms with Crippen LogP contribution in [0.2, 0.25) is 0 Å². The van der Waals surface area contributed by atoms with Gasteiger partial charge in [-0.15, -0.1) is 0 Å². The first kappa shape index (κ1) is 16.0. The van der Waals surface area contributed by atoms with Gasteiger partial charge in [-0.1, -0.05) is 0 Å². The van der Waals surface area contributed by atoms with E-state index in [4.69, 9.17) is 10.5 Å². The Bertz CT molecular complexity index is 249. The van der Waals surface area contributed by atoms with E-state index in [9.17, 15) is 18.0 Å². The summed E-state index contributed by atoms with van der Waals surface area (Å²) in [6.45, 7) is 4.88. The summed E-state index contributed by atoms with van der Waals surface area (Å²) < 4.78 is 42.3. The zero-order valence-electron chi connectivity index (χ0n) is 10.2. The third kappa shape index (κ3) is 7.84. The van der Waals surface area contributed by atoms with E-state index in [-0.39, 0.29) is 19.4 Å². The molecule has 0 spiro atoms. The molecule has 1 atom stereocenters. The lowest BCUT2D eigenvalue weighted by Gasteiger charge is -2.25. The second-order valence-corrected chi connectivity index (χ2v) is 4.67. The Balaban J connectivity index is 4.39. The molecule has 3 N–H and O–H groups in total. The van der Waals surface area contributed by atoms with Crippen LogP contribution in [-0.2, 0) is 4.74 Å². The number of halogens is 3. The van der Waals surface area contributed by atoms with E-state index in [1.807, 2.05) is 0 Å². The van der Waals surface area contributed by atoms with Crippen molar-refractivity contribution in [2.75, 3.05) is 6.54 Å². The first-order valence-corrected chi connectivity index (χ1v) is 5.32. The minimum atomic E-state index is -4.49. The van der Waals surface area contributed by atoms with Gasteiger partial charge in [0, 0.05) is 0 Å². The lowest BCUT2D eigenvalue weighted by Crippen LogP contribution is -2.47. The van der Waals surface area contributed by atoms with Gasteiger partial charge in [-0.25, -0.2) is 4.79 Å². The van der Waals surface area contributed by atoms with Gasteiger partial charge in [-0.2, -0.15) is 13.2 Å². The summed E-state index contributed by atoms with van der Waals surface area (Å²) >= 11 is 0. The van der Waals surface area contributed by atoms with Crippen LogP contribution in [0.15, 0.2) is 0 Å². The van der Waals surface area contributed by atoms with E-state index in [1.165, 1.54) is 0 Å². The van der Waals surface area contributed by atoms with E-state index >= 15 is 0 Å². The molecule has 0 aromatic heterocycles. The minimum absolute atomic E-state index is 0.141. The third-order valence-corrected chi connectivity index (χ3v) is 1.78. The Morgan fingerprint density at radius 1 is 1.35 bits per heavy atom. The molecule has 4 nitrogen and oxygen atoms in total. The molecule has 0 aromatic rings. The molecule has 0 saturated heterocycles. The summed E-state index contributed by atoms with van der Waals surface area (Å²) in [5, 5.41) is 1.81. The molecule has 0 bridgehead atoms. The molecule has 17 heavy (non-hydrogen) atoms. The van der Waals surface area contributed by atoms with Crippen molar-refractivity contribution < 1.29 is 22.7 Å². The number of hydrogen-bond donors (Lipinski definition) is 2. The van der Waals surface area contributed by atoms with Crippen LogP contribution >= 0.6 is 0 Å². The van der Waals surface area contributed by atoms with Crippen molar-refractivity contribution in [2.24, 2.45) is 5.73 Å². The first-order valence-electron chi connectivity index (χ1n) is 5.32. The largest absolute Gasteiger partial charge is 0.444 e. The second-order valence-electron chi connectivity index (χ2n) is 4.67. The molecule has 102 valence electrons. The van der Waals surface area contributed by atoms with Crippen molar-refractivity contribution in [3.8, 4) is 0 Å². The van der Waals surface area contributed by atoms with Crippen LogP contribution < -0.4 is 11.1 Å². The number of amides is 1. The molecule has 1 amide bonds. The SMILES string of the molecule is CC(C)(C)OC(=O)N[C@H](CCCN)C(F)(F)F. The number of hydrogen-bond acceptors (Lipinski definition) is 3. The first-order chi connectivity index (χ1) is 7.56. The normalized spacial score (nSPS) is 14.3. The van der Waals surface area contributed by atoms with Crippen LogP contribution in [0.25, 0.3) is 0 Å². The lowest BCUT2D eigenvalue weighted by atomic mass is 10.1. The molecule has 0 heterocycles. The Kier molecular flexibility index (Phi) is 5.74. The van der Waals surface area contributed by atoms with Crippen molar-refractivity contribution in [1.82, 2.24) is 5.32 Å². The summed E-state index contributed by atoms with van der Waals surface area (Å²) in [6.07, 6.45) is -5.64. The summed E-state index contributed by atoms with van der Waals surface area (Å²) in [4.78, 5) is 11.2. The molecule has 0 rings (SSSR count). The van der Waals surface area contributed by atoms with E-state index in [2.05, 4.69) is 0 Å². The Morgan fingerprint density at radius 2 is 1.88 bits per heavy atom. The number of ether oxygens (including phenoxy) is 1. The fraction of sp³-hybridized carbons (Fsp3) is 0.900. The third-order valence-electron chi connectivity index (χ3n) is 1.78. The van der Waals surface area contributed by atoms with Crippen LogP contribution in [0.5, 0.6) is 0 Å². The van der Waals surface area contributed by atoms with Crippen molar-refractivity contribution in [2.45, 2.75) is 51.4 Å². The number of alkyl halides is 3. The minimum Gasteiger partial charge on any atom is -0.444 e. The van der Waals surface area contributed by atoms with Crippen LogP contribution in [0.4, 0.5) is 18.0 Å². The van der Waals surface area contributed by atoms with E-state index in [0.29, 0.717) is 0 Å². The van der Waals surface area contributed by atoms with E-state index in [0.717, 1.165) is 0 Å². The predicted molar refractivity (Wildman–Crippen MR) is 57.5 cm³/mol. The van der Waals surface area contributed by atoms with Gasteiger partial charge in [0.2, 0.25) is 0 Å². The molecule has 7 heteroatoms. The molecular weight excluding hydrogens is 237 g/mol. The quantitative estimate of drug-likeness (QED) is 0.810. The van der Waals surface area contributed by atoms with Crippen LogP contribution in [0.3, 0.4) is 0 Å². The smallest absolute Gasteiger partial charge is 0.408 e. The maximum atomic E-state index is 12.5. The van der Waals surface area contributed by atoms with Gasteiger partial charge in [-0.05, 0) is 40.2 Å². The highest BCUT2D eigenvalue weighted by molar-refractivity contribution is 5.68. The molecule has 0 aliphatic heterocycles. The van der Waals surface area contributed by atoms with Gasteiger partial charge < -0.3 is 15.8 Å². The molecule has 0 aliphatic carbocycles. The van der Waals surface area contributed by atoms with Crippen molar-refractivity contribution in [3.05, 3.63) is 0 Å². The zero-order valence-corrected chi connectivity index (χ0v) is 10.2. The maximum Gasteiger partial charge on any atom is 0.408 e. The van der Waals surface area contributed by atoms with E-state index in [1.54, 1.807) is 26.1 Å². The summed E-state index contributed by atoms with van der Waals surface area (Å²) in [5.74, 6) is 0. The highest BCUT2D eigenvalue weighted by Crippen LogP contribution is 2.23. The summed E-state index contributed by atoms with van der Waals surface area (Å²) in [5.41, 5.74) is 4.32. The van der Waals surface area contributed by atoms with Crippen molar-refractivity contribution >= 4 is 6.09 Å². The van der Waals surface area contributed by atoms with Crippen LogP contribution in [0.1, 0.15) is 33.6 Å². The Morgan fingerprint density at radius 3 is 2.24 bits per heavy atom. The molecular formula is C10H19F3N2O2. The van der Waals surface area contributed by atoms with Gasteiger partial charge in [-0.3, -0.25) is 0 Å².